The molecule has 10 nitrogen and oxygen atoms in total. The monoisotopic (exact) mass is 512 g/mol. The summed E-state index contributed by atoms with van der Waals surface area (Å²) in [6.45, 7) is 2.07. The van der Waals surface area contributed by atoms with Crippen molar-refractivity contribution in [2.24, 2.45) is 0 Å². The van der Waals surface area contributed by atoms with Crippen molar-refractivity contribution in [3.05, 3.63) is 58.9 Å². The Hall–Kier alpha value is -3.15. The highest BCUT2D eigenvalue weighted by Crippen LogP contribution is 2.35. The molecular formula is C25H28N4O6S. The van der Waals surface area contributed by atoms with Crippen molar-refractivity contribution in [3.63, 3.8) is 0 Å². The third-order valence-electron chi connectivity index (χ3n) is 7.29. The van der Waals surface area contributed by atoms with Crippen LogP contribution in [0.1, 0.15) is 53.0 Å². The normalized spacial score (nSPS) is 22.4. The second-order valence-electron chi connectivity index (χ2n) is 9.81. The maximum Gasteiger partial charge on any atom is 0.256 e. The van der Waals surface area contributed by atoms with Crippen LogP contribution in [0.3, 0.4) is 0 Å². The summed E-state index contributed by atoms with van der Waals surface area (Å²) in [5.74, 6) is -1.09. The molecule has 190 valence electrons. The predicted octanol–water partition coefficient (Wildman–Crippen LogP) is 0.730. The quantitative estimate of drug-likeness (QED) is 0.560. The van der Waals surface area contributed by atoms with E-state index in [1.807, 2.05) is 12.1 Å². The van der Waals surface area contributed by atoms with Gasteiger partial charge in [-0.15, -0.1) is 0 Å². The molecule has 2 aromatic rings. The molecule has 0 saturated carbocycles. The van der Waals surface area contributed by atoms with Crippen molar-refractivity contribution in [2.45, 2.75) is 55.3 Å². The van der Waals surface area contributed by atoms with Crippen LogP contribution in [-0.4, -0.2) is 71.4 Å². The Bertz CT molecular complexity index is 1330. The van der Waals surface area contributed by atoms with Gasteiger partial charge in [0.15, 0.2) is 9.84 Å². The van der Waals surface area contributed by atoms with Crippen LogP contribution < -0.4 is 5.32 Å². The molecule has 1 unspecified atom stereocenters. The maximum atomic E-state index is 12.9. The molecule has 1 aromatic carbocycles. The van der Waals surface area contributed by atoms with Crippen LogP contribution in [0.25, 0.3) is 0 Å². The van der Waals surface area contributed by atoms with Crippen LogP contribution in [0.4, 0.5) is 0 Å². The third-order valence-corrected chi connectivity index (χ3v) is 8.42. The van der Waals surface area contributed by atoms with Gasteiger partial charge in [0.05, 0.1) is 28.4 Å². The summed E-state index contributed by atoms with van der Waals surface area (Å²) in [6.07, 6.45) is 2.58. The molecule has 36 heavy (non-hydrogen) atoms. The number of aromatic nitrogens is 1. The molecule has 5 rings (SSSR count). The van der Waals surface area contributed by atoms with E-state index >= 15 is 0 Å². The molecule has 3 aliphatic heterocycles. The number of imide groups is 1. The number of carbonyl (C=O) groups excluding carboxylic acids is 3. The Kier molecular flexibility index (Phi) is 6.17. The summed E-state index contributed by atoms with van der Waals surface area (Å²) >= 11 is 0. The average Bonchev–Trinajstić information content (AvgIpc) is 3.16. The molecule has 11 heteroatoms. The number of nitrogens with one attached hydrogen (secondary N) is 1. The van der Waals surface area contributed by atoms with Gasteiger partial charge in [-0.25, -0.2) is 8.42 Å². The van der Waals surface area contributed by atoms with Crippen molar-refractivity contribution >= 4 is 27.6 Å². The van der Waals surface area contributed by atoms with Crippen molar-refractivity contribution in [2.75, 3.05) is 19.3 Å². The summed E-state index contributed by atoms with van der Waals surface area (Å²) in [6, 6.07) is 9.49. The predicted molar refractivity (Wildman–Crippen MR) is 128 cm³/mol. The first-order valence-electron chi connectivity index (χ1n) is 11.9. The average molecular weight is 513 g/mol. The molecule has 2 saturated heterocycles. The van der Waals surface area contributed by atoms with Crippen molar-refractivity contribution in [3.8, 4) is 0 Å². The summed E-state index contributed by atoms with van der Waals surface area (Å²) in [5, 5.41) is 13.7. The maximum absolute atomic E-state index is 12.9. The number of carbonyl (C=O) groups is 3. The highest BCUT2D eigenvalue weighted by Gasteiger charge is 2.41. The number of pyridine rings is 1. The second kappa shape index (κ2) is 9.06. The SMILES string of the molecule is CS(=O)(=O)c1ccc(CN2CCC(O)(c3ccc4c(n3)CN(C3CCC(=O)NC3=O)C4=O)CC2)cc1. The zero-order valence-electron chi connectivity index (χ0n) is 19.9. The Morgan fingerprint density at radius 3 is 2.42 bits per heavy atom. The first-order valence-corrected chi connectivity index (χ1v) is 13.8. The van der Waals surface area contributed by atoms with Crippen molar-refractivity contribution < 1.29 is 27.9 Å². The molecule has 1 atom stereocenters. The highest BCUT2D eigenvalue weighted by atomic mass is 32.2. The summed E-state index contributed by atoms with van der Waals surface area (Å²) in [5.41, 5.74) is 1.33. The van der Waals surface area contributed by atoms with E-state index < -0.39 is 27.4 Å². The topological polar surface area (TPSA) is 137 Å². The fourth-order valence-electron chi connectivity index (χ4n) is 5.13. The van der Waals surface area contributed by atoms with Gasteiger partial charge in [0.1, 0.15) is 11.6 Å². The van der Waals surface area contributed by atoms with E-state index in [4.69, 9.17) is 0 Å². The van der Waals surface area contributed by atoms with E-state index in [9.17, 15) is 27.9 Å². The number of aliphatic hydroxyl groups is 1. The number of hydrogen-bond donors (Lipinski definition) is 2. The molecule has 2 fully saturated rings. The van der Waals surface area contributed by atoms with E-state index in [2.05, 4.69) is 15.2 Å². The number of benzene rings is 1. The molecule has 4 heterocycles. The molecule has 0 bridgehead atoms. The Morgan fingerprint density at radius 2 is 1.78 bits per heavy atom. The van der Waals surface area contributed by atoms with Crippen molar-refractivity contribution in [1.82, 2.24) is 20.1 Å². The number of likely N-dealkylation sites (tertiary alicyclic amines) is 1. The van der Waals surface area contributed by atoms with E-state index in [0.717, 1.165) is 5.56 Å². The lowest BCUT2D eigenvalue weighted by molar-refractivity contribution is -0.136. The molecule has 3 amide bonds. The Labute approximate surface area is 209 Å². The van der Waals surface area contributed by atoms with Gasteiger partial charge in [-0.2, -0.15) is 0 Å². The number of rotatable bonds is 5. The van der Waals surface area contributed by atoms with E-state index in [1.165, 1.54) is 11.2 Å². The minimum atomic E-state index is -3.23. The van der Waals surface area contributed by atoms with Gasteiger partial charge in [0.25, 0.3) is 5.91 Å². The van der Waals surface area contributed by atoms with E-state index in [-0.39, 0.29) is 36.1 Å². The van der Waals surface area contributed by atoms with Gasteiger partial charge in [-0.05, 0) is 49.1 Å². The number of nitrogens with zero attached hydrogens (tertiary/aromatic N) is 3. The lowest BCUT2D eigenvalue weighted by atomic mass is 9.87. The van der Waals surface area contributed by atoms with Crippen LogP contribution in [0.15, 0.2) is 41.3 Å². The zero-order valence-corrected chi connectivity index (χ0v) is 20.8. The van der Waals surface area contributed by atoms with Gasteiger partial charge in [-0.3, -0.25) is 29.6 Å². The van der Waals surface area contributed by atoms with Crippen LogP contribution >= 0.6 is 0 Å². The molecule has 3 aliphatic rings. The smallest absolute Gasteiger partial charge is 0.256 e. The van der Waals surface area contributed by atoms with E-state index in [1.54, 1.807) is 24.3 Å². The molecular weight excluding hydrogens is 484 g/mol. The Balaban J connectivity index is 1.24. The molecule has 0 aliphatic carbocycles. The van der Waals surface area contributed by atoms with Crippen LogP contribution in [-0.2, 0) is 38.1 Å². The first kappa shape index (κ1) is 24.5. The number of sulfone groups is 1. The zero-order chi connectivity index (χ0) is 25.7. The summed E-state index contributed by atoms with van der Waals surface area (Å²) in [7, 11) is -3.23. The van der Waals surface area contributed by atoms with Gasteiger partial charge in [0.2, 0.25) is 11.8 Å². The minimum absolute atomic E-state index is 0.167. The molecule has 0 spiro atoms. The second-order valence-corrected chi connectivity index (χ2v) is 11.8. The standard InChI is InChI=1S/C25H28N4O6S/c1-36(34,35)17-4-2-16(3-5-17)14-28-12-10-25(33,11-13-28)21-8-6-18-19(26-21)15-29(24(18)32)20-7-9-22(30)27-23(20)31/h2-6,8,20,33H,7,9-15H2,1H3,(H,27,30,31). The van der Waals surface area contributed by atoms with Gasteiger partial charge in [0, 0.05) is 32.3 Å². The largest absolute Gasteiger partial charge is 0.383 e. The van der Waals surface area contributed by atoms with Gasteiger partial charge < -0.3 is 10.0 Å². The number of amides is 3. The fourth-order valence-corrected chi connectivity index (χ4v) is 5.76. The van der Waals surface area contributed by atoms with E-state index in [0.29, 0.717) is 49.4 Å². The number of hydrogen-bond acceptors (Lipinski definition) is 8. The number of fused-ring (bicyclic) bond motifs is 1. The molecule has 1 aromatic heterocycles. The van der Waals surface area contributed by atoms with Crippen LogP contribution in [0.5, 0.6) is 0 Å². The minimum Gasteiger partial charge on any atom is -0.383 e. The van der Waals surface area contributed by atoms with Gasteiger partial charge >= 0.3 is 0 Å². The lowest BCUT2D eigenvalue weighted by Crippen LogP contribution is -2.52. The number of piperidine rings is 2. The van der Waals surface area contributed by atoms with Crippen LogP contribution in [0.2, 0.25) is 0 Å². The van der Waals surface area contributed by atoms with Crippen molar-refractivity contribution in [1.29, 1.82) is 0 Å². The third kappa shape index (κ3) is 4.65. The van der Waals surface area contributed by atoms with Crippen LogP contribution in [0, 0.1) is 0 Å². The Morgan fingerprint density at radius 1 is 1.08 bits per heavy atom. The lowest BCUT2D eigenvalue weighted by Gasteiger charge is -2.38. The molecule has 2 N–H and O–H groups in total. The fraction of sp³-hybridized carbons (Fsp3) is 0.440. The van der Waals surface area contributed by atoms with Gasteiger partial charge in [-0.1, -0.05) is 12.1 Å². The first-order chi connectivity index (χ1) is 17.0. The summed E-state index contributed by atoms with van der Waals surface area (Å²) < 4.78 is 23.3. The highest BCUT2D eigenvalue weighted by molar-refractivity contribution is 7.90. The molecule has 0 radical (unpaired) electrons. The summed E-state index contributed by atoms with van der Waals surface area (Å²) in [4.78, 5) is 45.2.